The smallest absolute Gasteiger partial charge is 0.271 e. The van der Waals surface area contributed by atoms with Crippen LogP contribution in [0.25, 0.3) is 11.0 Å². The van der Waals surface area contributed by atoms with Crippen molar-refractivity contribution in [3.63, 3.8) is 0 Å². The van der Waals surface area contributed by atoms with Gasteiger partial charge >= 0.3 is 0 Å². The van der Waals surface area contributed by atoms with E-state index in [-0.39, 0.29) is 29.1 Å². The van der Waals surface area contributed by atoms with E-state index < -0.39 is 6.04 Å². The highest BCUT2D eigenvalue weighted by Gasteiger charge is 2.30. The third-order valence-electron chi connectivity index (χ3n) is 4.85. The van der Waals surface area contributed by atoms with Crippen molar-refractivity contribution in [2.45, 2.75) is 26.3 Å². The second-order valence-electron chi connectivity index (χ2n) is 7.45. The molecule has 0 amide bonds. The lowest BCUT2D eigenvalue weighted by atomic mass is 9.92. The predicted octanol–water partition coefficient (Wildman–Crippen LogP) is 3.04. The number of para-hydroxylation sites is 1. The molecule has 1 heterocycles. The Morgan fingerprint density at radius 1 is 1.03 bits per heavy atom. The minimum absolute atomic E-state index is 0.122. The lowest BCUT2D eigenvalue weighted by Gasteiger charge is -2.23. The molecule has 0 unspecified atom stereocenters. The molecule has 1 aliphatic carbocycles. The highest BCUT2D eigenvalue weighted by Crippen LogP contribution is 2.21. The summed E-state index contributed by atoms with van der Waals surface area (Å²) >= 11 is 0. The fraction of sp³-hybridized carbons (Fsp3) is 0.227. The van der Waals surface area contributed by atoms with Gasteiger partial charge in [0.25, 0.3) is 5.91 Å². The monoisotopic (exact) mass is 388 g/mol. The number of carbonyl (C=O) groups is 3. The number of benzene rings is 2. The number of rotatable bonds is 5. The lowest BCUT2D eigenvalue weighted by molar-refractivity contribution is 0.0833. The normalized spacial score (nSPS) is 14.7. The summed E-state index contributed by atoms with van der Waals surface area (Å²) in [5, 5.41) is 11.0. The highest BCUT2D eigenvalue weighted by molar-refractivity contribution is 6.24. The molecular weight excluding hydrogens is 368 g/mol. The summed E-state index contributed by atoms with van der Waals surface area (Å²) in [6.45, 7) is 3.97. The van der Waals surface area contributed by atoms with Crippen molar-refractivity contribution in [2.24, 2.45) is 5.92 Å². The number of nitrogens with one attached hydrogen (secondary N) is 1. The number of allylic oxidation sites excluding steroid dienone is 2. The summed E-state index contributed by atoms with van der Waals surface area (Å²) < 4.78 is 1.25. The molecule has 0 spiro atoms. The van der Waals surface area contributed by atoms with E-state index >= 15 is 0 Å². The van der Waals surface area contributed by atoms with E-state index in [9.17, 15) is 14.4 Å². The van der Waals surface area contributed by atoms with Crippen LogP contribution in [0.1, 0.15) is 45.8 Å². The first kappa shape index (κ1) is 18.7. The van der Waals surface area contributed by atoms with Crippen LogP contribution in [0.2, 0.25) is 0 Å². The van der Waals surface area contributed by atoms with Crippen molar-refractivity contribution < 1.29 is 14.4 Å². The van der Waals surface area contributed by atoms with Gasteiger partial charge in [0.15, 0.2) is 5.78 Å². The van der Waals surface area contributed by atoms with Crippen LogP contribution >= 0.6 is 0 Å². The van der Waals surface area contributed by atoms with Crippen LogP contribution < -0.4 is 5.32 Å². The zero-order chi connectivity index (χ0) is 20.5. The maximum Gasteiger partial charge on any atom is 0.271 e. The summed E-state index contributed by atoms with van der Waals surface area (Å²) in [7, 11) is 0. The molecule has 1 aliphatic rings. The third-order valence-corrected chi connectivity index (χ3v) is 4.85. The largest absolute Gasteiger partial charge is 0.370 e. The molecule has 0 saturated carbocycles. The topological polar surface area (TPSA) is 94.0 Å². The summed E-state index contributed by atoms with van der Waals surface area (Å²) in [4.78, 5) is 38.6. The van der Waals surface area contributed by atoms with Crippen molar-refractivity contribution in [2.75, 3.05) is 0 Å². The fourth-order valence-electron chi connectivity index (χ4n) is 3.48. The van der Waals surface area contributed by atoms with Crippen LogP contribution in [0.4, 0.5) is 0 Å². The molecule has 1 aromatic heterocycles. The molecule has 0 bridgehead atoms. The van der Waals surface area contributed by atoms with Crippen LogP contribution in [-0.4, -0.2) is 38.5 Å². The molecule has 7 nitrogen and oxygen atoms in total. The number of nitrogens with zero attached hydrogens (tertiary/aromatic N) is 3. The number of fused-ring (bicyclic) bond motifs is 2. The van der Waals surface area contributed by atoms with Gasteiger partial charge < -0.3 is 5.32 Å². The minimum Gasteiger partial charge on any atom is -0.370 e. The summed E-state index contributed by atoms with van der Waals surface area (Å²) in [6, 6.07) is 13.1. The molecule has 1 atom stereocenters. The van der Waals surface area contributed by atoms with Crippen molar-refractivity contribution >= 4 is 28.5 Å². The van der Waals surface area contributed by atoms with E-state index in [0.717, 1.165) is 0 Å². The second-order valence-corrected chi connectivity index (χ2v) is 7.45. The van der Waals surface area contributed by atoms with Crippen LogP contribution in [0.3, 0.4) is 0 Å². The summed E-state index contributed by atoms with van der Waals surface area (Å²) in [5.74, 6) is -0.712. The number of aromatic nitrogens is 3. The van der Waals surface area contributed by atoms with Gasteiger partial charge in [-0.1, -0.05) is 55.5 Å². The first-order chi connectivity index (χ1) is 14.0. The molecular formula is C22H20N4O3. The zero-order valence-electron chi connectivity index (χ0n) is 16.1. The number of hydrogen-bond donors (Lipinski definition) is 1. The highest BCUT2D eigenvalue weighted by atomic mass is 16.2. The Morgan fingerprint density at radius 3 is 2.48 bits per heavy atom. The molecule has 146 valence electrons. The third kappa shape index (κ3) is 3.47. The quantitative estimate of drug-likeness (QED) is 0.722. The molecule has 0 fully saturated rings. The van der Waals surface area contributed by atoms with Crippen molar-refractivity contribution in [1.29, 1.82) is 0 Å². The fourth-order valence-corrected chi connectivity index (χ4v) is 3.48. The molecule has 2 aromatic carbocycles. The van der Waals surface area contributed by atoms with E-state index in [0.29, 0.717) is 28.6 Å². The Bertz CT molecular complexity index is 1160. The Hall–Kier alpha value is -3.61. The van der Waals surface area contributed by atoms with Gasteiger partial charge in [-0.2, -0.15) is 4.68 Å². The zero-order valence-corrected chi connectivity index (χ0v) is 16.1. The number of ketones is 2. The SMILES string of the molecule is CC(C)C[C@H](NC1=CC(=O)c2ccccc2C1=O)C(=O)n1nnc2ccccc21. The number of carbonyl (C=O) groups excluding carboxylic acids is 3. The van der Waals surface area contributed by atoms with Gasteiger partial charge in [0.05, 0.1) is 11.2 Å². The van der Waals surface area contributed by atoms with Crippen molar-refractivity contribution in [3.8, 4) is 0 Å². The summed E-state index contributed by atoms with van der Waals surface area (Å²) in [5.41, 5.74) is 2.04. The average Bonchev–Trinajstić information content (AvgIpc) is 3.14. The molecule has 29 heavy (non-hydrogen) atoms. The van der Waals surface area contributed by atoms with Gasteiger partial charge in [0, 0.05) is 17.2 Å². The Kier molecular flexibility index (Phi) is 4.80. The maximum absolute atomic E-state index is 13.2. The predicted molar refractivity (Wildman–Crippen MR) is 108 cm³/mol. The number of hydrogen-bond acceptors (Lipinski definition) is 6. The minimum atomic E-state index is -0.728. The van der Waals surface area contributed by atoms with Gasteiger partial charge in [-0.25, -0.2) is 0 Å². The van der Waals surface area contributed by atoms with Crippen LogP contribution in [-0.2, 0) is 0 Å². The number of Topliss-reactive ketones (excluding diaryl/α,β-unsaturated/α-hetero) is 1. The first-order valence-corrected chi connectivity index (χ1v) is 9.46. The van der Waals surface area contributed by atoms with Gasteiger partial charge in [-0.05, 0) is 24.5 Å². The van der Waals surface area contributed by atoms with E-state index in [1.807, 2.05) is 26.0 Å². The molecule has 3 aromatic rings. The molecule has 0 aliphatic heterocycles. The molecule has 0 radical (unpaired) electrons. The van der Waals surface area contributed by atoms with Gasteiger partial charge in [-0.3, -0.25) is 14.4 Å². The molecule has 4 rings (SSSR count). The van der Waals surface area contributed by atoms with Crippen molar-refractivity contribution in [1.82, 2.24) is 20.3 Å². The van der Waals surface area contributed by atoms with Gasteiger partial charge in [0.2, 0.25) is 5.78 Å². The lowest BCUT2D eigenvalue weighted by Crippen LogP contribution is -2.43. The first-order valence-electron chi connectivity index (χ1n) is 9.46. The van der Waals surface area contributed by atoms with Crippen LogP contribution in [0, 0.1) is 5.92 Å². The Balaban J connectivity index is 1.67. The molecule has 7 heteroatoms. The molecule has 1 N–H and O–H groups in total. The standard InChI is InChI=1S/C22H20N4O3/c1-13(2)11-18(22(29)26-19-10-6-5-9-16(19)24-25-26)23-17-12-20(27)14-7-3-4-8-15(14)21(17)28/h3-10,12-13,18,23H,11H2,1-2H3/t18-/m0/s1. The van der Waals surface area contributed by atoms with E-state index in [2.05, 4.69) is 15.6 Å². The Morgan fingerprint density at radius 2 is 1.72 bits per heavy atom. The van der Waals surface area contributed by atoms with E-state index in [4.69, 9.17) is 0 Å². The van der Waals surface area contributed by atoms with Crippen LogP contribution in [0.5, 0.6) is 0 Å². The van der Waals surface area contributed by atoms with Gasteiger partial charge in [-0.15, -0.1) is 5.10 Å². The Labute approximate surface area is 167 Å². The summed E-state index contributed by atoms with van der Waals surface area (Å²) in [6.07, 6.45) is 1.73. The van der Waals surface area contributed by atoms with E-state index in [1.165, 1.54) is 10.8 Å². The second kappa shape index (κ2) is 7.43. The van der Waals surface area contributed by atoms with Crippen molar-refractivity contribution in [3.05, 3.63) is 71.4 Å². The average molecular weight is 388 g/mol. The van der Waals surface area contributed by atoms with Crippen LogP contribution in [0.15, 0.2) is 60.3 Å². The van der Waals surface area contributed by atoms with E-state index in [1.54, 1.807) is 36.4 Å². The molecule has 0 saturated heterocycles. The van der Waals surface area contributed by atoms with Gasteiger partial charge in [0.1, 0.15) is 11.6 Å². The maximum atomic E-state index is 13.2.